The zero-order chi connectivity index (χ0) is 21.9. The van der Waals surface area contributed by atoms with Gasteiger partial charge in [-0.3, -0.25) is 4.79 Å². The predicted octanol–water partition coefficient (Wildman–Crippen LogP) is 3.50. The largest absolute Gasteiger partial charge is 0.325 e. The van der Waals surface area contributed by atoms with Crippen molar-refractivity contribution in [3.63, 3.8) is 0 Å². The maximum absolute atomic E-state index is 12.5. The summed E-state index contributed by atoms with van der Waals surface area (Å²) in [5.74, 6) is 1.29. The van der Waals surface area contributed by atoms with Gasteiger partial charge in [0.25, 0.3) is 0 Å². The van der Waals surface area contributed by atoms with Crippen molar-refractivity contribution in [2.75, 3.05) is 24.2 Å². The average molecular weight is 452 g/mol. The summed E-state index contributed by atoms with van der Waals surface area (Å²) in [6.45, 7) is 8.63. The van der Waals surface area contributed by atoms with Crippen LogP contribution in [0.2, 0.25) is 0 Å². The first kappa shape index (κ1) is 22.8. The molecule has 164 valence electrons. The van der Waals surface area contributed by atoms with E-state index in [1.165, 1.54) is 28.2 Å². The second-order valence-corrected chi connectivity index (χ2v) is 10.4. The Bertz CT molecular complexity index is 978. The van der Waals surface area contributed by atoms with Crippen LogP contribution in [0.3, 0.4) is 0 Å². The van der Waals surface area contributed by atoms with Gasteiger partial charge < -0.3 is 9.88 Å². The minimum atomic E-state index is -3.51. The molecule has 1 fully saturated rings. The number of hydrogen-bond donors (Lipinski definition) is 1. The van der Waals surface area contributed by atoms with Gasteiger partial charge in [0.15, 0.2) is 5.16 Å². The SMILES string of the molecule is CCN(CC)S(=O)(=O)c1ccc(NC(=O)CSc2nnc(C(C)C)n2C2CC2)cc1. The highest BCUT2D eigenvalue weighted by Crippen LogP contribution is 2.40. The van der Waals surface area contributed by atoms with E-state index < -0.39 is 10.0 Å². The number of benzene rings is 1. The summed E-state index contributed by atoms with van der Waals surface area (Å²) >= 11 is 1.37. The van der Waals surface area contributed by atoms with E-state index in [1.807, 2.05) is 13.8 Å². The molecule has 1 aromatic heterocycles. The highest BCUT2D eigenvalue weighted by atomic mass is 32.2. The molecular formula is C20H29N5O3S2. The van der Waals surface area contributed by atoms with Crippen LogP contribution >= 0.6 is 11.8 Å². The number of nitrogens with one attached hydrogen (secondary N) is 1. The van der Waals surface area contributed by atoms with Gasteiger partial charge in [-0.2, -0.15) is 4.31 Å². The average Bonchev–Trinajstić information content (AvgIpc) is 3.46. The van der Waals surface area contributed by atoms with Crippen LogP contribution in [0, 0.1) is 0 Å². The molecule has 10 heteroatoms. The molecule has 1 aromatic carbocycles. The molecule has 0 radical (unpaired) electrons. The van der Waals surface area contributed by atoms with Gasteiger partial charge in [-0.25, -0.2) is 8.42 Å². The van der Waals surface area contributed by atoms with E-state index in [4.69, 9.17) is 0 Å². The van der Waals surface area contributed by atoms with Gasteiger partial charge >= 0.3 is 0 Å². The van der Waals surface area contributed by atoms with Crippen LogP contribution in [0.1, 0.15) is 58.3 Å². The highest BCUT2D eigenvalue weighted by Gasteiger charge is 2.30. The number of carbonyl (C=O) groups excluding carboxylic acids is 1. The van der Waals surface area contributed by atoms with Crippen molar-refractivity contribution in [1.82, 2.24) is 19.1 Å². The van der Waals surface area contributed by atoms with E-state index >= 15 is 0 Å². The summed E-state index contributed by atoms with van der Waals surface area (Å²) in [4.78, 5) is 12.6. The fraction of sp³-hybridized carbons (Fsp3) is 0.550. The second kappa shape index (κ2) is 9.49. The van der Waals surface area contributed by atoms with E-state index in [1.54, 1.807) is 12.1 Å². The number of sulfonamides is 1. The van der Waals surface area contributed by atoms with Crippen LogP contribution in [0.15, 0.2) is 34.3 Å². The van der Waals surface area contributed by atoms with Crippen LogP contribution in [-0.2, 0) is 14.8 Å². The summed E-state index contributed by atoms with van der Waals surface area (Å²) in [5, 5.41) is 12.2. The molecule has 0 aliphatic heterocycles. The quantitative estimate of drug-likeness (QED) is 0.555. The van der Waals surface area contributed by atoms with Gasteiger partial charge in [-0.05, 0) is 37.1 Å². The van der Waals surface area contributed by atoms with Gasteiger partial charge in [-0.1, -0.05) is 39.5 Å². The van der Waals surface area contributed by atoms with E-state index in [0.717, 1.165) is 23.8 Å². The number of thioether (sulfide) groups is 1. The molecule has 3 rings (SSSR count). The Morgan fingerprint density at radius 3 is 2.37 bits per heavy atom. The Balaban J connectivity index is 1.61. The minimum Gasteiger partial charge on any atom is -0.325 e. The standard InChI is InChI=1S/C20H29N5O3S2/c1-5-24(6-2)30(27,28)17-11-7-15(8-12-17)21-18(26)13-29-20-23-22-19(14(3)4)25(20)16-9-10-16/h7-8,11-12,14,16H,5-6,9-10,13H2,1-4H3,(H,21,26). The van der Waals surface area contributed by atoms with Crippen molar-refractivity contribution >= 4 is 33.4 Å². The topological polar surface area (TPSA) is 97.2 Å². The molecule has 0 spiro atoms. The van der Waals surface area contributed by atoms with Gasteiger partial charge in [0.05, 0.1) is 10.6 Å². The lowest BCUT2D eigenvalue weighted by Crippen LogP contribution is -2.30. The van der Waals surface area contributed by atoms with Crippen LogP contribution < -0.4 is 5.32 Å². The van der Waals surface area contributed by atoms with Crippen LogP contribution in [0.5, 0.6) is 0 Å². The van der Waals surface area contributed by atoms with Gasteiger partial charge in [0.2, 0.25) is 15.9 Å². The molecule has 0 bridgehead atoms. The molecule has 1 heterocycles. The molecule has 1 amide bonds. The van der Waals surface area contributed by atoms with E-state index in [2.05, 4.69) is 33.9 Å². The van der Waals surface area contributed by atoms with Crippen LogP contribution in [-0.4, -0.2) is 52.2 Å². The number of aromatic nitrogens is 3. The molecule has 2 aromatic rings. The predicted molar refractivity (Wildman–Crippen MR) is 118 cm³/mol. The van der Waals surface area contributed by atoms with Crippen LogP contribution in [0.4, 0.5) is 5.69 Å². The van der Waals surface area contributed by atoms with Crippen LogP contribution in [0.25, 0.3) is 0 Å². The summed E-state index contributed by atoms with van der Waals surface area (Å²) in [5.41, 5.74) is 0.561. The number of anilines is 1. The third-order valence-corrected chi connectivity index (χ3v) is 7.94. The van der Waals surface area contributed by atoms with E-state index in [-0.39, 0.29) is 22.5 Å². The highest BCUT2D eigenvalue weighted by molar-refractivity contribution is 7.99. The van der Waals surface area contributed by atoms with Gasteiger partial charge in [-0.15, -0.1) is 10.2 Å². The fourth-order valence-electron chi connectivity index (χ4n) is 3.21. The first-order valence-corrected chi connectivity index (χ1v) is 12.7. The summed E-state index contributed by atoms with van der Waals surface area (Å²) < 4.78 is 28.7. The summed E-state index contributed by atoms with van der Waals surface area (Å²) in [7, 11) is -3.51. The molecule has 1 saturated carbocycles. The number of nitrogens with zero attached hydrogens (tertiary/aromatic N) is 4. The second-order valence-electron chi connectivity index (χ2n) is 7.55. The minimum absolute atomic E-state index is 0.171. The smallest absolute Gasteiger partial charge is 0.243 e. The summed E-state index contributed by atoms with van der Waals surface area (Å²) in [6.07, 6.45) is 2.25. The van der Waals surface area contributed by atoms with Crippen molar-refractivity contribution in [1.29, 1.82) is 0 Å². The molecule has 30 heavy (non-hydrogen) atoms. The van der Waals surface area contributed by atoms with E-state index in [9.17, 15) is 13.2 Å². The number of carbonyl (C=O) groups is 1. The van der Waals surface area contributed by atoms with Crippen molar-refractivity contribution < 1.29 is 13.2 Å². The number of hydrogen-bond acceptors (Lipinski definition) is 6. The molecule has 1 aliphatic rings. The molecule has 8 nitrogen and oxygen atoms in total. The monoisotopic (exact) mass is 451 g/mol. The number of amides is 1. The van der Waals surface area contributed by atoms with E-state index in [0.29, 0.717) is 24.8 Å². The van der Waals surface area contributed by atoms with Crippen molar-refractivity contribution in [2.45, 2.75) is 62.5 Å². The Morgan fingerprint density at radius 2 is 1.83 bits per heavy atom. The lowest BCUT2D eigenvalue weighted by Gasteiger charge is -2.18. The molecule has 1 aliphatic carbocycles. The molecule has 0 unspecified atom stereocenters. The van der Waals surface area contributed by atoms with Crippen molar-refractivity contribution in [3.8, 4) is 0 Å². The first-order chi connectivity index (χ1) is 14.3. The first-order valence-electron chi connectivity index (χ1n) is 10.3. The maximum atomic E-state index is 12.5. The zero-order valence-electron chi connectivity index (χ0n) is 17.8. The lowest BCUT2D eigenvalue weighted by molar-refractivity contribution is -0.113. The fourth-order valence-corrected chi connectivity index (χ4v) is 5.48. The lowest BCUT2D eigenvalue weighted by atomic mass is 10.2. The third kappa shape index (κ3) is 5.04. The van der Waals surface area contributed by atoms with Gasteiger partial charge in [0.1, 0.15) is 5.82 Å². The summed E-state index contributed by atoms with van der Waals surface area (Å²) in [6, 6.07) is 6.72. The molecule has 0 saturated heterocycles. The molecular weight excluding hydrogens is 422 g/mol. The van der Waals surface area contributed by atoms with Gasteiger partial charge in [0, 0.05) is 30.7 Å². The molecule has 0 atom stereocenters. The Kier molecular flexibility index (Phi) is 7.20. The zero-order valence-corrected chi connectivity index (χ0v) is 19.5. The molecule has 1 N–H and O–H groups in total. The Labute approximate surface area is 182 Å². The Hall–Kier alpha value is -1.91. The number of rotatable bonds is 10. The maximum Gasteiger partial charge on any atom is 0.243 e. The Morgan fingerprint density at radius 1 is 1.20 bits per heavy atom. The van der Waals surface area contributed by atoms with Crippen molar-refractivity contribution in [2.24, 2.45) is 0 Å². The van der Waals surface area contributed by atoms with Crippen molar-refractivity contribution in [3.05, 3.63) is 30.1 Å². The third-order valence-electron chi connectivity index (χ3n) is 4.93. The normalized spacial score (nSPS) is 14.5.